The van der Waals surface area contributed by atoms with E-state index in [0.717, 1.165) is 39.0 Å². The molecule has 4 heteroatoms. The smallest absolute Gasteiger partial charge is 0.323 e. The van der Waals surface area contributed by atoms with Crippen molar-refractivity contribution < 1.29 is 14.6 Å². The third-order valence-electron chi connectivity index (χ3n) is 3.62. The number of hydrogen-bond donors (Lipinski definition) is 2. The third-order valence-corrected chi connectivity index (χ3v) is 3.62. The van der Waals surface area contributed by atoms with E-state index in [4.69, 9.17) is 4.74 Å². The number of carboxylic acids is 1. The molecule has 2 rings (SSSR count). The van der Waals surface area contributed by atoms with Crippen LogP contribution in [0.5, 0.6) is 0 Å². The lowest BCUT2D eigenvalue weighted by Gasteiger charge is -2.27. The highest BCUT2D eigenvalue weighted by Crippen LogP contribution is 2.39. The number of ether oxygens (including phenoxy) is 1. The van der Waals surface area contributed by atoms with E-state index in [1.54, 1.807) is 0 Å². The molecule has 0 amide bonds. The molecule has 2 unspecified atom stereocenters. The zero-order valence-electron chi connectivity index (χ0n) is 9.16. The van der Waals surface area contributed by atoms with Crippen LogP contribution in [0.15, 0.2) is 0 Å². The average molecular weight is 213 g/mol. The standard InChI is InChI=1S/C11H19NO3/c1-11(10(13)14,9-2-3-9)12-6-8-4-5-15-7-8/h8-9,12H,2-7H2,1H3,(H,13,14). The number of nitrogens with one attached hydrogen (secondary N) is 1. The minimum absolute atomic E-state index is 0.317. The molecule has 2 N–H and O–H groups in total. The van der Waals surface area contributed by atoms with E-state index in [-0.39, 0.29) is 0 Å². The highest BCUT2D eigenvalue weighted by Gasteiger charge is 2.47. The summed E-state index contributed by atoms with van der Waals surface area (Å²) in [5, 5.41) is 12.4. The first-order valence-corrected chi connectivity index (χ1v) is 5.69. The van der Waals surface area contributed by atoms with Crippen LogP contribution in [0.1, 0.15) is 26.2 Å². The Morgan fingerprint density at radius 2 is 2.27 bits per heavy atom. The van der Waals surface area contributed by atoms with Gasteiger partial charge in [0.25, 0.3) is 0 Å². The molecular weight excluding hydrogens is 194 g/mol. The van der Waals surface area contributed by atoms with Crippen LogP contribution in [-0.4, -0.2) is 36.4 Å². The number of rotatable bonds is 5. The van der Waals surface area contributed by atoms with Crippen LogP contribution in [-0.2, 0) is 9.53 Å². The molecule has 2 fully saturated rings. The molecule has 1 aliphatic carbocycles. The molecule has 1 saturated heterocycles. The summed E-state index contributed by atoms with van der Waals surface area (Å²) in [5.41, 5.74) is -0.720. The monoisotopic (exact) mass is 213 g/mol. The van der Waals surface area contributed by atoms with Crippen molar-refractivity contribution in [2.75, 3.05) is 19.8 Å². The molecule has 15 heavy (non-hydrogen) atoms. The summed E-state index contributed by atoms with van der Waals surface area (Å²) in [7, 11) is 0. The van der Waals surface area contributed by atoms with Crippen LogP contribution in [0, 0.1) is 11.8 Å². The summed E-state index contributed by atoms with van der Waals surface area (Å²) in [6.45, 7) is 4.16. The highest BCUT2D eigenvalue weighted by molar-refractivity contribution is 5.79. The minimum Gasteiger partial charge on any atom is -0.480 e. The van der Waals surface area contributed by atoms with Crippen LogP contribution in [0.2, 0.25) is 0 Å². The first-order chi connectivity index (χ1) is 7.13. The van der Waals surface area contributed by atoms with Gasteiger partial charge in [0.05, 0.1) is 6.61 Å². The second kappa shape index (κ2) is 4.10. The summed E-state index contributed by atoms with van der Waals surface area (Å²) in [6.07, 6.45) is 3.13. The molecule has 1 saturated carbocycles. The van der Waals surface area contributed by atoms with Crippen molar-refractivity contribution in [3.63, 3.8) is 0 Å². The zero-order valence-corrected chi connectivity index (χ0v) is 9.16. The van der Waals surface area contributed by atoms with Crippen molar-refractivity contribution in [3.8, 4) is 0 Å². The van der Waals surface area contributed by atoms with Gasteiger partial charge in [-0.05, 0) is 38.0 Å². The van der Waals surface area contributed by atoms with Gasteiger partial charge in [-0.2, -0.15) is 0 Å². The molecule has 4 nitrogen and oxygen atoms in total. The second-order valence-corrected chi connectivity index (χ2v) is 4.89. The molecule has 0 aromatic heterocycles. The van der Waals surface area contributed by atoms with E-state index in [9.17, 15) is 9.90 Å². The van der Waals surface area contributed by atoms with Crippen molar-refractivity contribution in [1.29, 1.82) is 0 Å². The molecule has 1 heterocycles. The Morgan fingerprint density at radius 1 is 1.53 bits per heavy atom. The van der Waals surface area contributed by atoms with Crippen molar-refractivity contribution >= 4 is 5.97 Å². The van der Waals surface area contributed by atoms with Gasteiger partial charge in [-0.1, -0.05) is 0 Å². The maximum atomic E-state index is 11.2. The summed E-state index contributed by atoms with van der Waals surface area (Å²) >= 11 is 0. The van der Waals surface area contributed by atoms with E-state index in [1.807, 2.05) is 6.92 Å². The van der Waals surface area contributed by atoms with Gasteiger partial charge in [0.2, 0.25) is 0 Å². The van der Waals surface area contributed by atoms with Crippen LogP contribution in [0.3, 0.4) is 0 Å². The predicted molar refractivity (Wildman–Crippen MR) is 55.7 cm³/mol. The molecule has 2 aliphatic rings. The molecule has 0 bridgehead atoms. The quantitative estimate of drug-likeness (QED) is 0.711. The zero-order chi connectivity index (χ0) is 10.9. The van der Waals surface area contributed by atoms with Crippen LogP contribution in [0.25, 0.3) is 0 Å². The Morgan fingerprint density at radius 3 is 2.73 bits per heavy atom. The summed E-state index contributed by atoms with van der Waals surface area (Å²) in [5.74, 6) is 0.0867. The van der Waals surface area contributed by atoms with Crippen LogP contribution < -0.4 is 5.32 Å². The average Bonchev–Trinajstić information content (AvgIpc) is 2.93. The fourth-order valence-electron chi connectivity index (χ4n) is 2.16. The molecule has 86 valence electrons. The first-order valence-electron chi connectivity index (χ1n) is 5.69. The van der Waals surface area contributed by atoms with E-state index in [2.05, 4.69) is 5.32 Å². The summed E-state index contributed by atoms with van der Waals surface area (Å²) in [4.78, 5) is 11.2. The summed E-state index contributed by atoms with van der Waals surface area (Å²) < 4.78 is 5.27. The topological polar surface area (TPSA) is 58.6 Å². The Hall–Kier alpha value is -0.610. The molecule has 2 atom stereocenters. The number of hydrogen-bond acceptors (Lipinski definition) is 3. The van der Waals surface area contributed by atoms with E-state index in [1.165, 1.54) is 0 Å². The maximum absolute atomic E-state index is 11.2. The van der Waals surface area contributed by atoms with Gasteiger partial charge in [-0.15, -0.1) is 0 Å². The number of aliphatic carboxylic acids is 1. The van der Waals surface area contributed by atoms with Crippen molar-refractivity contribution in [1.82, 2.24) is 5.32 Å². The highest BCUT2D eigenvalue weighted by atomic mass is 16.5. The normalized spacial score (nSPS) is 30.1. The largest absolute Gasteiger partial charge is 0.480 e. The molecule has 0 radical (unpaired) electrons. The van der Waals surface area contributed by atoms with Crippen molar-refractivity contribution in [2.24, 2.45) is 11.8 Å². The van der Waals surface area contributed by atoms with E-state index >= 15 is 0 Å². The fourth-order valence-corrected chi connectivity index (χ4v) is 2.16. The molecule has 1 aliphatic heterocycles. The Bertz CT molecular complexity index is 246. The van der Waals surface area contributed by atoms with Crippen LogP contribution in [0.4, 0.5) is 0 Å². The van der Waals surface area contributed by atoms with Gasteiger partial charge in [0.15, 0.2) is 0 Å². The lowest BCUT2D eigenvalue weighted by atomic mass is 9.95. The maximum Gasteiger partial charge on any atom is 0.323 e. The summed E-state index contributed by atoms with van der Waals surface area (Å²) in [6, 6.07) is 0. The van der Waals surface area contributed by atoms with Gasteiger partial charge in [-0.25, -0.2) is 0 Å². The van der Waals surface area contributed by atoms with Gasteiger partial charge < -0.3 is 15.2 Å². The molecule has 0 spiro atoms. The van der Waals surface area contributed by atoms with Gasteiger partial charge >= 0.3 is 5.97 Å². The second-order valence-electron chi connectivity index (χ2n) is 4.89. The molecule has 0 aromatic carbocycles. The number of carboxylic acid groups (broad SMARTS) is 1. The first kappa shape index (κ1) is 10.9. The minimum atomic E-state index is -0.720. The number of carbonyl (C=O) groups is 1. The van der Waals surface area contributed by atoms with Gasteiger partial charge in [0.1, 0.15) is 5.54 Å². The third kappa shape index (κ3) is 2.32. The lowest BCUT2D eigenvalue weighted by molar-refractivity contribution is -0.145. The Labute approximate surface area is 90.0 Å². The van der Waals surface area contributed by atoms with E-state index in [0.29, 0.717) is 11.8 Å². The Kier molecular flexibility index (Phi) is 2.98. The SMILES string of the molecule is CC(NCC1CCOC1)(C(=O)O)C1CC1. The van der Waals surface area contributed by atoms with Gasteiger partial charge in [-0.3, -0.25) is 4.79 Å². The van der Waals surface area contributed by atoms with Crippen LogP contribution >= 0.6 is 0 Å². The fraction of sp³-hybridized carbons (Fsp3) is 0.909. The van der Waals surface area contributed by atoms with Crippen molar-refractivity contribution in [3.05, 3.63) is 0 Å². The molecule has 0 aromatic rings. The molecular formula is C11H19NO3. The van der Waals surface area contributed by atoms with E-state index < -0.39 is 11.5 Å². The predicted octanol–water partition coefficient (Wildman–Crippen LogP) is 0.866. The van der Waals surface area contributed by atoms with Crippen molar-refractivity contribution in [2.45, 2.75) is 31.7 Å². The lowest BCUT2D eigenvalue weighted by Crippen LogP contribution is -2.53. The Balaban J connectivity index is 1.86. The van der Waals surface area contributed by atoms with Gasteiger partial charge in [0, 0.05) is 13.2 Å².